The van der Waals surface area contributed by atoms with Crippen molar-refractivity contribution in [1.29, 1.82) is 5.26 Å². The largest absolute Gasteiger partial charge is 0.489 e. The Labute approximate surface area is 189 Å². The topological polar surface area (TPSA) is 149 Å². The Balaban J connectivity index is 1.90. The van der Waals surface area contributed by atoms with E-state index in [1.54, 1.807) is 10.7 Å². The molecule has 11 heteroatoms. The number of rotatable bonds is 4. The van der Waals surface area contributed by atoms with Gasteiger partial charge in [0, 0.05) is 24.2 Å². The number of halogens is 1. The van der Waals surface area contributed by atoms with Crippen LogP contribution in [0.4, 0.5) is 5.82 Å². The lowest BCUT2D eigenvalue weighted by Gasteiger charge is -2.22. The van der Waals surface area contributed by atoms with Crippen LogP contribution in [-0.2, 0) is 11.3 Å². The number of amides is 1. The molecule has 1 unspecified atom stereocenters. The number of nitrogens with zero attached hydrogens (tertiary/aromatic N) is 6. The fourth-order valence-electron chi connectivity index (χ4n) is 4.23. The van der Waals surface area contributed by atoms with E-state index in [1.165, 1.54) is 6.33 Å². The van der Waals surface area contributed by atoms with Gasteiger partial charge in [-0.25, -0.2) is 14.6 Å². The molecule has 2 aromatic heterocycles. The van der Waals surface area contributed by atoms with Crippen molar-refractivity contribution in [3.8, 4) is 11.8 Å². The lowest BCUT2D eigenvalue weighted by atomic mass is 9.98. The highest BCUT2D eigenvalue weighted by Gasteiger charge is 2.30. The standard InChI is InChI=1S/C21H23ClN8O2/c1-10-6-29(8-17(24)31)7-15-14(5-23)16(22)4-13(19(15)32-10)12(3)30-21-18(11(2)28-30)20(25)26-9-27-21/h4,9-10,12H,6-8H2,1-3H3,(H2,24,31)(H2,25,26,27)/t10-,12?/m0/s1. The Morgan fingerprint density at radius 3 is 2.91 bits per heavy atom. The zero-order valence-corrected chi connectivity index (χ0v) is 18.7. The van der Waals surface area contributed by atoms with Gasteiger partial charge in [0.05, 0.1) is 34.3 Å². The van der Waals surface area contributed by atoms with Gasteiger partial charge in [0.25, 0.3) is 0 Å². The van der Waals surface area contributed by atoms with E-state index in [0.29, 0.717) is 57.5 Å². The molecular weight excluding hydrogens is 432 g/mol. The number of anilines is 1. The van der Waals surface area contributed by atoms with E-state index >= 15 is 0 Å². The molecule has 0 saturated heterocycles. The van der Waals surface area contributed by atoms with Gasteiger partial charge in [-0.1, -0.05) is 11.6 Å². The van der Waals surface area contributed by atoms with E-state index in [1.807, 2.05) is 25.7 Å². The molecule has 4 rings (SSSR count). The average molecular weight is 455 g/mol. The van der Waals surface area contributed by atoms with E-state index in [0.717, 1.165) is 5.56 Å². The molecule has 0 spiro atoms. The monoisotopic (exact) mass is 454 g/mol. The molecule has 2 atom stereocenters. The number of aromatic nitrogens is 4. The molecule has 1 aromatic carbocycles. The predicted octanol–water partition coefficient (Wildman–Crippen LogP) is 1.92. The van der Waals surface area contributed by atoms with Crippen LogP contribution in [0, 0.1) is 18.3 Å². The van der Waals surface area contributed by atoms with Crippen LogP contribution in [0.3, 0.4) is 0 Å². The summed E-state index contributed by atoms with van der Waals surface area (Å²) < 4.78 is 8.03. The highest BCUT2D eigenvalue weighted by Crippen LogP contribution is 2.40. The van der Waals surface area contributed by atoms with Gasteiger partial charge in [0.15, 0.2) is 5.65 Å². The lowest BCUT2D eigenvalue weighted by Crippen LogP contribution is -2.37. The number of carbonyl (C=O) groups excluding carboxylic acids is 1. The summed E-state index contributed by atoms with van der Waals surface area (Å²) in [5, 5.41) is 15.4. The molecule has 0 bridgehead atoms. The Hall–Kier alpha value is -3.42. The first kappa shape index (κ1) is 21.8. The van der Waals surface area contributed by atoms with Crippen molar-refractivity contribution in [1.82, 2.24) is 24.6 Å². The van der Waals surface area contributed by atoms with E-state index in [9.17, 15) is 10.1 Å². The molecule has 3 heterocycles. The van der Waals surface area contributed by atoms with Crippen LogP contribution in [0.25, 0.3) is 11.0 Å². The SMILES string of the molecule is Cc1nn(C(C)c2cc(Cl)c(C#N)c3c2O[C@@H](C)CN(CC(N)=O)C3)c2ncnc(N)c12. The van der Waals surface area contributed by atoms with Crippen LogP contribution in [0.1, 0.15) is 42.3 Å². The predicted molar refractivity (Wildman–Crippen MR) is 119 cm³/mol. The summed E-state index contributed by atoms with van der Waals surface area (Å²) in [6.45, 7) is 6.52. The van der Waals surface area contributed by atoms with Gasteiger partial charge < -0.3 is 16.2 Å². The van der Waals surface area contributed by atoms with Crippen molar-refractivity contribution >= 4 is 34.4 Å². The maximum Gasteiger partial charge on any atom is 0.231 e. The van der Waals surface area contributed by atoms with Crippen molar-refractivity contribution < 1.29 is 9.53 Å². The maximum absolute atomic E-state index is 11.5. The van der Waals surface area contributed by atoms with Gasteiger partial charge >= 0.3 is 0 Å². The summed E-state index contributed by atoms with van der Waals surface area (Å²) >= 11 is 6.53. The molecule has 0 radical (unpaired) electrons. The van der Waals surface area contributed by atoms with Crippen LogP contribution in [0.2, 0.25) is 5.02 Å². The molecule has 0 fully saturated rings. The number of ether oxygens (including phenoxy) is 1. The van der Waals surface area contributed by atoms with E-state index in [-0.39, 0.29) is 18.7 Å². The van der Waals surface area contributed by atoms with Crippen molar-refractivity contribution in [2.75, 3.05) is 18.8 Å². The van der Waals surface area contributed by atoms with Gasteiger partial charge in [-0.3, -0.25) is 9.69 Å². The van der Waals surface area contributed by atoms with Crippen LogP contribution < -0.4 is 16.2 Å². The van der Waals surface area contributed by atoms with E-state index in [2.05, 4.69) is 21.1 Å². The number of hydrogen-bond donors (Lipinski definition) is 2. The zero-order chi connectivity index (χ0) is 23.2. The van der Waals surface area contributed by atoms with Crippen molar-refractivity contribution in [3.05, 3.63) is 39.8 Å². The number of nitrogens with two attached hydrogens (primary N) is 2. The minimum Gasteiger partial charge on any atom is -0.489 e. The molecule has 166 valence electrons. The van der Waals surface area contributed by atoms with Crippen molar-refractivity contribution in [3.63, 3.8) is 0 Å². The van der Waals surface area contributed by atoms with E-state index in [4.69, 9.17) is 27.8 Å². The molecule has 1 amide bonds. The lowest BCUT2D eigenvalue weighted by molar-refractivity contribution is -0.119. The highest BCUT2D eigenvalue weighted by molar-refractivity contribution is 6.32. The minimum absolute atomic E-state index is 0.0502. The fraction of sp³-hybridized carbons (Fsp3) is 0.381. The average Bonchev–Trinajstić information content (AvgIpc) is 2.97. The number of nitrogen functional groups attached to an aromatic ring is 1. The number of benzene rings is 1. The summed E-state index contributed by atoms with van der Waals surface area (Å²) in [5.74, 6) is 0.460. The summed E-state index contributed by atoms with van der Waals surface area (Å²) in [4.78, 5) is 21.8. The molecule has 10 nitrogen and oxygen atoms in total. The summed E-state index contributed by atoms with van der Waals surface area (Å²) in [6, 6.07) is 3.56. The fourth-order valence-corrected chi connectivity index (χ4v) is 4.50. The van der Waals surface area contributed by atoms with E-state index < -0.39 is 5.91 Å². The first-order valence-corrected chi connectivity index (χ1v) is 10.5. The molecule has 32 heavy (non-hydrogen) atoms. The molecule has 0 saturated carbocycles. The second-order valence-corrected chi connectivity index (χ2v) is 8.38. The molecule has 1 aliphatic rings. The number of nitriles is 1. The summed E-state index contributed by atoms with van der Waals surface area (Å²) in [5.41, 5.74) is 14.4. The number of primary amides is 1. The molecular formula is C21H23ClN8O2. The molecule has 3 aromatic rings. The third kappa shape index (κ3) is 3.70. The Morgan fingerprint density at radius 2 is 2.22 bits per heavy atom. The van der Waals surface area contributed by atoms with Gasteiger partial charge in [0.2, 0.25) is 5.91 Å². The van der Waals surface area contributed by atoms with Crippen LogP contribution in [0.15, 0.2) is 12.4 Å². The molecule has 4 N–H and O–H groups in total. The molecule has 0 aliphatic carbocycles. The Morgan fingerprint density at radius 1 is 1.47 bits per heavy atom. The van der Waals surface area contributed by atoms with Gasteiger partial charge in [-0.2, -0.15) is 10.4 Å². The van der Waals surface area contributed by atoms with Crippen LogP contribution in [-0.4, -0.2) is 49.7 Å². The Bertz CT molecular complexity index is 1270. The second kappa shape index (κ2) is 8.26. The number of fused-ring (bicyclic) bond motifs is 2. The number of aryl methyl sites for hydroxylation is 1. The van der Waals surface area contributed by atoms with Gasteiger partial charge in [-0.15, -0.1) is 0 Å². The first-order valence-electron chi connectivity index (χ1n) is 10.1. The highest BCUT2D eigenvalue weighted by atomic mass is 35.5. The van der Waals surface area contributed by atoms with Crippen LogP contribution >= 0.6 is 11.6 Å². The van der Waals surface area contributed by atoms with Crippen molar-refractivity contribution in [2.24, 2.45) is 5.73 Å². The summed E-state index contributed by atoms with van der Waals surface area (Å²) in [6.07, 6.45) is 1.15. The quantitative estimate of drug-likeness (QED) is 0.607. The number of hydrogen-bond acceptors (Lipinski definition) is 8. The smallest absolute Gasteiger partial charge is 0.231 e. The zero-order valence-electron chi connectivity index (χ0n) is 18.0. The second-order valence-electron chi connectivity index (χ2n) is 7.97. The van der Waals surface area contributed by atoms with Gasteiger partial charge in [0.1, 0.15) is 30.1 Å². The number of carbonyl (C=O) groups is 1. The Kier molecular flexibility index (Phi) is 5.62. The summed E-state index contributed by atoms with van der Waals surface area (Å²) in [7, 11) is 0. The van der Waals surface area contributed by atoms with Crippen LogP contribution in [0.5, 0.6) is 5.75 Å². The van der Waals surface area contributed by atoms with Crippen molar-refractivity contribution in [2.45, 2.75) is 39.5 Å². The third-order valence-corrected chi connectivity index (χ3v) is 5.87. The third-order valence-electron chi connectivity index (χ3n) is 5.58. The maximum atomic E-state index is 11.5. The molecule has 1 aliphatic heterocycles. The normalized spacial score (nSPS) is 17.3. The first-order chi connectivity index (χ1) is 15.2. The minimum atomic E-state index is -0.453. The van der Waals surface area contributed by atoms with Gasteiger partial charge in [-0.05, 0) is 26.8 Å².